The Hall–Kier alpha value is -2.09. The third kappa shape index (κ3) is 2.53. The molecule has 0 amide bonds. The molecule has 0 aromatic carbocycles. The molecule has 0 aliphatic rings. The van der Waals surface area contributed by atoms with E-state index in [1.54, 1.807) is 12.1 Å². The minimum Gasteiger partial charge on any atom is -0.481 e. The number of anilines is 1. The summed E-state index contributed by atoms with van der Waals surface area (Å²) in [5.41, 5.74) is 0.354. The maximum atomic E-state index is 11.8. The van der Waals surface area contributed by atoms with Crippen molar-refractivity contribution in [3.8, 4) is 5.88 Å². The zero-order valence-corrected chi connectivity index (χ0v) is 9.73. The molecule has 8 heteroatoms. The van der Waals surface area contributed by atoms with E-state index in [9.17, 15) is 8.42 Å². The highest BCUT2D eigenvalue weighted by Crippen LogP contribution is 2.15. The van der Waals surface area contributed by atoms with Crippen molar-refractivity contribution < 1.29 is 13.2 Å². The van der Waals surface area contributed by atoms with Gasteiger partial charge in [0.15, 0.2) is 0 Å². The second-order valence-corrected chi connectivity index (χ2v) is 4.81. The van der Waals surface area contributed by atoms with Crippen LogP contribution in [-0.4, -0.2) is 30.7 Å². The van der Waals surface area contributed by atoms with Gasteiger partial charge in [0.2, 0.25) is 5.88 Å². The number of hydrogen-bond donors (Lipinski definition) is 2. The molecule has 2 rings (SSSR count). The molecular formula is C9H10N4O3S. The van der Waals surface area contributed by atoms with Crippen LogP contribution in [-0.2, 0) is 10.0 Å². The predicted molar refractivity (Wildman–Crippen MR) is 60.2 cm³/mol. The van der Waals surface area contributed by atoms with Gasteiger partial charge in [0.05, 0.1) is 25.2 Å². The minimum absolute atomic E-state index is 0.0633. The molecule has 0 fully saturated rings. The predicted octanol–water partition coefficient (Wildman–Crippen LogP) is 0.614. The Morgan fingerprint density at radius 2 is 2.18 bits per heavy atom. The number of ether oxygens (including phenoxy) is 1. The van der Waals surface area contributed by atoms with E-state index in [0.29, 0.717) is 11.6 Å². The van der Waals surface area contributed by atoms with Gasteiger partial charge < -0.3 is 4.74 Å². The number of sulfonamides is 1. The number of aromatic amines is 1. The van der Waals surface area contributed by atoms with Crippen molar-refractivity contribution in [2.45, 2.75) is 4.90 Å². The number of methoxy groups -OCH3 is 1. The molecule has 0 saturated heterocycles. The summed E-state index contributed by atoms with van der Waals surface area (Å²) < 4.78 is 30.8. The Morgan fingerprint density at radius 3 is 2.71 bits per heavy atom. The summed E-state index contributed by atoms with van der Waals surface area (Å²) in [4.78, 5) is 3.95. The molecule has 0 aliphatic heterocycles. The van der Waals surface area contributed by atoms with E-state index in [2.05, 4.69) is 19.9 Å². The zero-order chi connectivity index (χ0) is 12.3. The molecule has 2 N–H and O–H groups in total. The molecule has 0 spiro atoms. The molecule has 0 saturated carbocycles. The third-order valence-corrected chi connectivity index (χ3v) is 3.33. The molecule has 0 radical (unpaired) electrons. The Balaban J connectivity index is 2.21. The molecule has 7 nitrogen and oxygen atoms in total. The fourth-order valence-corrected chi connectivity index (χ4v) is 2.11. The first kappa shape index (κ1) is 11.4. The van der Waals surface area contributed by atoms with Crippen molar-refractivity contribution in [1.29, 1.82) is 0 Å². The number of hydrogen-bond acceptors (Lipinski definition) is 5. The van der Waals surface area contributed by atoms with Gasteiger partial charge in [0.25, 0.3) is 10.0 Å². The molecule has 2 aromatic heterocycles. The van der Waals surface area contributed by atoms with Crippen molar-refractivity contribution >= 4 is 15.7 Å². The summed E-state index contributed by atoms with van der Waals surface area (Å²) in [5.74, 6) is 0.413. The number of nitrogens with one attached hydrogen (secondary N) is 2. The standard InChI is InChI=1S/C9H10N4O3S/c1-16-9-3-2-7(4-10-9)13-17(14,15)8-5-11-12-6-8/h2-6,13H,1H3,(H,11,12). The van der Waals surface area contributed by atoms with Crippen molar-refractivity contribution in [1.82, 2.24) is 15.2 Å². The van der Waals surface area contributed by atoms with Crippen LogP contribution >= 0.6 is 0 Å². The van der Waals surface area contributed by atoms with Crippen molar-refractivity contribution in [2.75, 3.05) is 11.8 Å². The molecule has 0 unspecified atom stereocenters. The maximum Gasteiger partial charge on any atom is 0.265 e. The number of rotatable bonds is 4. The summed E-state index contributed by atoms with van der Waals surface area (Å²) in [6.45, 7) is 0. The Bertz CT molecular complexity index is 577. The van der Waals surface area contributed by atoms with E-state index < -0.39 is 10.0 Å². The van der Waals surface area contributed by atoms with Gasteiger partial charge in [-0.2, -0.15) is 5.10 Å². The molecule has 0 atom stereocenters. The van der Waals surface area contributed by atoms with Crippen molar-refractivity contribution in [3.05, 3.63) is 30.7 Å². The van der Waals surface area contributed by atoms with E-state index in [-0.39, 0.29) is 4.90 Å². The lowest BCUT2D eigenvalue weighted by Gasteiger charge is -2.05. The van der Waals surface area contributed by atoms with Crippen LogP contribution in [0.2, 0.25) is 0 Å². The first-order valence-electron chi connectivity index (χ1n) is 4.63. The first-order chi connectivity index (χ1) is 8.12. The van der Waals surface area contributed by atoms with Crippen molar-refractivity contribution in [2.24, 2.45) is 0 Å². The van der Waals surface area contributed by atoms with Gasteiger partial charge in [-0.25, -0.2) is 13.4 Å². The quantitative estimate of drug-likeness (QED) is 0.833. The monoisotopic (exact) mass is 254 g/mol. The molecule has 0 aliphatic carbocycles. The first-order valence-corrected chi connectivity index (χ1v) is 6.12. The van der Waals surface area contributed by atoms with E-state index in [1.165, 1.54) is 25.7 Å². The molecule has 90 valence electrons. The molecular weight excluding hydrogens is 244 g/mol. The summed E-state index contributed by atoms with van der Waals surface area (Å²) >= 11 is 0. The lowest BCUT2D eigenvalue weighted by atomic mass is 10.4. The smallest absolute Gasteiger partial charge is 0.265 e. The Labute approximate surface area is 97.9 Å². The van der Waals surface area contributed by atoms with Crippen LogP contribution in [0.4, 0.5) is 5.69 Å². The van der Waals surface area contributed by atoms with Gasteiger partial charge in [-0.05, 0) is 6.07 Å². The van der Waals surface area contributed by atoms with Crippen molar-refractivity contribution in [3.63, 3.8) is 0 Å². The molecule has 2 aromatic rings. The van der Waals surface area contributed by atoms with Crippen LogP contribution in [0.3, 0.4) is 0 Å². The van der Waals surface area contributed by atoms with Crippen LogP contribution in [0, 0.1) is 0 Å². The number of H-pyrrole nitrogens is 1. The van der Waals surface area contributed by atoms with Crippen LogP contribution < -0.4 is 9.46 Å². The highest BCUT2D eigenvalue weighted by Gasteiger charge is 2.15. The molecule has 17 heavy (non-hydrogen) atoms. The zero-order valence-electron chi connectivity index (χ0n) is 8.91. The average molecular weight is 254 g/mol. The van der Waals surface area contributed by atoms with Crippen LogP contribution in [0.5, 0.6) is 5.88 Å². The highest BCUT2D eigenvalue weighted by atomic mass is 32.2. The van der Waals surface area contributed by atoms with Gasteiger partial charge in [-0.3, -0.25) is 9.82 Å². The van der Waals surface area contributed by atoms with E-state index in [4.69, 9.17) is 4.74 Å². The van der Waals surface area contributed by atoms with Crippen LogP contribution in [0.25, 0.3) is 0 Å². The number of pyridine rings is 1. The summed E-state index contributed by atoms with van der Waals surface area (Å²) in [6, 6.07) is 3.12. The Kier molecular flexibility index (Phi) is 2.96. The average Bonchev–Trinajstić information content (AvgIpc) is 2.84. The van der Waals surface area contributed by atoms with Gasteiger partial charge in [0.1, 0.15) is 4.90 Å². The van der Waals surface area contributed by atoms with Crippen LogP contribution in [0.1, 0.15) is 0 Å². The number of nitrogens with zero attached hydrogens (tertiary/aromatic N) is 2. The number of aromatic nitrogens is 3. The largest absolute Gasteiger partial charge is 0.481 e. The van der Waals surface area contributed by atoms with E-state index >= 15 is 0 Å². The maximum absolute atomic E-state index is 11.8. The Morgan fingerprint density at radius 1 is 1.35 bits per heavy atom. The highest BCUT2D eigenvalue weighted by molar-refractivity contribution is 7.92. The van der Waals surface area contributed by atoms with Gasteiger partial charge in [-0.15, -0.1) is 0 Å². The lowest BCUT2D eigenvalue weighted by Crippen LogP contribution is -2.12. The minimum atomic E-state index is -3.61. The van der Waals surface area contributed by atoms with Gasteiger partial charge in [0, 0.05) is 12.3 Å². The van der Waals surface area contributed by atoms with Crippen LogP contribution in [0.15, 0.2) is 35.6 Å². The summed E-state index contributed by atoms with van der Waals surface area (Å²) in [7, 11) is -2.13. The summed E-state index contributed by atoms with van der Waals surface area (Å²) in [6.07, 6.45) is 3.88. The van der Waals surface area contributed by atoms with E-state index in [0.717, 1.165) is 0 Å². The SMILES string of the molecule is COc1ccc(NS(=O)(=O)c2cn[nH]c2)cn1. The second-order valence-electron chi connectivity index (χ2n) is 3.13. The third-order valence-electron chi connectivity index (χ3n) is 1.98. The van der Waals surface area contributed by atoms with Gasteiger partial charge in [-0.1, -0.05) is 0 Å². The normalized spacial score (nSPS) is 11.1. The lowest BCUT2D eigenvalue weighted by molar-refractivity contribution is 0.398. The van der Waals surface area contributed by atoms with E-state index in [1.807, 2.05) is 0 Å². The fourth-order valence-electron chi connectivity index (χ4n) is 1.16. The summed E-state index contributed by atoms with van der Waals surface area (Å²) in [5, 5.41) is 6.01. The second kappa shape index (κ2) is 4.42. The molecule has 2 heterocycles. The molecule has 0 bridgehead atoms. The topological polar surface area (TPSA) is 97.0 Å². The van der Waals surface area contributed by atoms with Gasteiger partial charge >= 0.3 is 0 Å². The fraction of sp³-hybridized carbons (Fsp3) is 0.111.